The maximum Gasteiger partial charge on any atom is 0.245 e. The van der Waals surface area contributed by atoms with Crippen molar-refractivity contribution in [1.82, 2.24) is 29.7 Å². The third-order valence-electron chi connectivity index (χ3n) is 7.57. The molecule has 2 fully saturated rings. The minimum atomic E-state index is -0.410. The Hall–Kier alpha value is -2.46. The first-order chi connectivity index (χ1) is 18.7. The molecule has 11 heteroatoms. The minimum Gasteiger partial charge on any atom is -0.338 e. The average molecular weight is 634 g/mol. The van der Waals surface area contributed by atoms with E-state index >= 15 is 0 Å². The zero-order valence-electron chi connectivity index (χ0n) is 21.9. The van der Waals surface area contributed by atoms with Gasteiger partial charge in [0.05, 0.1) is 18.4 Å². The van der Waals surface area contributed by atoms with Crippen molar-refractivity contribution < 1.29 is 9.59 Å². The molecule has 0 aliphatic carbocycles. The smallest absolute Gasteiger partial charge is 0.245 e. The van der Waals surface area contributed by atoms with Crippen LogP contribution in [-0.4, -0.2) is 72.7 Å². The first kappa shape index (κ1) is 28.1. The summed E-state index contributed by atoms with van der Waals surface area (Å²) in [5.74, 6) is 0.0843. The summed E-state index contributed by atoms with van der Waals surface area (Å²) in [7, 11) is 0. The Kier molecular flexibility index (Phi) is 8.61. The number of amides is 2. The summed E-state index contributed by atoms with van der Waals surface area (Å²) in [5.41, 5.74) is 2.80. The van der Waals surface area contributed by atoms with E-state index < -0.39 is 6.04 Å². The lowest BCUT2D eigenvalue weighted by atomic mass is 10.1. The van der Waals surface area contributed by atoms with E-state index in [1.54, 1.807) is 15.6 Å². The van der Waals surface area contributed by atoms with Gasteiger partial charge in [-0.05, 0) is 55.7 Å². The topological polar surface area (TPSA) is 74.6 Å². The van der Waals surface area contributed by atoms with E-state index in [0.29, 0.717) is 55.6 Å². The molecule has 39 heavy (non-hydrogen) atoms. The van der Waals surface area contributed by atoms with Crippen LogP contribution in [0.1, 0.15) is 43.5 Å². The Balaban J connectivity index is 1.20. The fourth-order valence-corrected chi connectivity index (χ4v) is 6.27. The van der Waals surface area contributed by atoms with Crippen molar-refractivity contribution in [3.63, 3.8) is 0 Å². The molecule has 206 valence electrons. The van der Waals surface area contributed by atoms with Gasteiger partial charge in [-0.1, -0.05) is 62.5 Å². The molecule has 2 amide bonds. The van der Waals surface area contributed by atoms with Gasteiger partial charge in [0.25, 0.3) is 0 Å². The van der Waals surface area contributed by atoms with Gasteiger partial charge >= 0.3 is 0 Å². The standard InChI is InChI=1S/C28H31BrCl2N6O2/c1-18-12-34(28(39)26-9-10-27(38)37(26)14-20-3-6-22(29)7-4-20)13-19(2)36(18)17-24-16-35(33-32-24)15-21-5-8-23(30)11-25(21)31/h3-8,11,16,18-19,26H,9-10,12-15,17H2,1-2H3/t18-,19+,26?. The van der Waals surface area contributed by atoms with Gasteiger partial charge in [-0.25, -0.2) is 4.68 Å². The zero-order chi connectivity index (χ0) is 27.7. The van der Waals surface area contributed by atoms with Gasteiger partial charge in [0.2, 0.25) is 11.8 Å². The molecule has 0 N–H and O–H groups in total. The summed E-state index contributed by atoms with van der Waals surface area (Å²) in [5, 5.41) is 9.86. The Morgan fingerprint density at radius 3 is 2.44 bits per heavy atom. The molecule has 1 aromatic heterocycles. The van der Waals surface area contributed by atoms with E-state index in [0.717, 1.165) is 21.3 Å². The Morgan fingerprint density at radius 1 is 1.03 bits per heavy atom. The van der Waals surface area contributed by atoms with Crippen LogP contribution in [0.3, 0.4) is 0 Å². The summed E-state index contributed by atoms with van der Waals surface area (Å²) in [6.45, 7) is 7.07. The molecule has 0 spiro atoms. The highest BCUT2D eigenvalue weighted by Gasteiger charge is 2.41. The van der Waals surface area contributed by atoms with Crippen molar-refractivity contribution in [3.05, 3.63) is 80.0 Å². The third-order valence-corrected chi connectivity index (χ3v) is 8.69. The molecular formula is C28H31BrCl2N6O2. The number of nitrogens with zero attached hydrogens (tertiary/aromatic N) is 6. The fraction of sp³-hybridized carbons (Fsp3) is 0.429. The molecule has 8 nitrogen and oxygen atoms in total. The van der Waals surface area contributed by atoms with E-state index in [-0.39, 0.29) is 23.9 Å². The fourth-order valence-electron chi connectivity index (χ4n) is 5.53. The molecule has 1 unspecified atom stereocenters. The molecule has 0 radical (unpaired) electrons. The van der Waals surface area contributed by atoms with E-state index in [1.165, 1.54) is 0 Å². The molecule has 0 bridgehead atoms. The second-order valence-electron chi connectivity index (χ2n) is 10.5. The summed E-state index contributed by atoms with van der Waals surface area (Å²) in [6, 6.07) is 13.2. The molecule has 0 saturated carbocycles. The van der Waals surface area contributed by atoms with Crippen LogP contribution in [-0.2, 0) is 29.2 Å². The minimum absolute atomic E-state index is 0.0407. The van der Waals surface area contributed by atoms with Gasteiger partial charge in [0, 0.05) is 59.2 Å². The Labute approximate surface area is 247 Å². The van der Waals surface area contributed by atoms with Gasteiger partial charge in [0.15, 0.2) is 0 Å². The second-order valence-corrected chi connectivity index (χ2v) is 12.2. The van der Waals surface area contributed by atoms with Crippen LogP contribution in [0, 0.1) is 0 Å². The van der Waals surface area contributed by atoms with Crippen molar-refractivity contribution in [1.29, 1.82) is 0 Å². The maximum atomic E-state index is 13.6. The van der Waals surface area contributed by atoms with Crippen molar-refractivity contribution >= 4 is 50.9 Å². The van der Waals surface area contributed by atoms with Gasteiger partial charge < -0.3 is 9.80 Å². The van der Waals surface area contributed by atoms with Crippen LogP contribution in [0.15, 0.2) is 53.1 Å². The number of carbonyl (C=O) groups excluding carboxylic acids is 2. The monoisotopic (exact) mass is 632 g/mol. The van der Waals surface area contributed by atoms with Gasteiger partial charge in [0.1, 0.15) is 6.04 Å². The van der Waals surface area contributed by atoms with Crippen LogP contribution in [0.4, 0.5) is 0 Å². The van der Waals surface area contributed by atoms with E-state index in [1.807, 2.05) is 47.5 Å². The van der Waals surface area contributed by atoms with Crippen LogP contribution >= 0.6 is 39.1 Å². The second kappa shape index (κ2) is 12.0. The number of aromatic nitrogens is 3. The number of hydrogen-bond acceptors (Lipinski definition) is 5. The highest BCUT2D eigenvalue weighted by Crippen LogP contribution is 2.27. The molecule has 2 aromatic carbocycles. The number of rotatable bonds is 7. The van der Waals surface area contributed by atoms with Crippen LogP contribution in [0.2, 0.25) is 10.0 Å². The molecule has 3 heterocycles. The number of likely N-dealkylation sites (tertiary alicyclic amines) is 1. The highest BCUT2D eigenvalue weighted by atomic mass is 79.9. The molecule has 2 aliphatic rings. The molecule has 2 aliphatic heterocycles. The number of halogens is 3. The van der Waals surface area contributed by atoms with Crippen molar-refractivity contribution in [3.8, 4) is 0 Å². The normalized spacial score (nSPS) is 22.1. The van der Waals surface area contributed by atoms with Crippen LogP contribution < -0.4 is 0 Å². The summed E-state index contributed by atoms with van der Waals surface area (Å²) >= 11 is 15.8. The van der Waals surface area contributed by atoms with Crippen LogP contribution in [0.25, 0.3) is 0 Å². The number of carbonyl (C=O) groups is 2. The lowest BCUT2D eigenvalue weighted by Crippen LogP contribution is -2.60. The number of hydrogen-bond donors (Lipinski definition) is 0. The van der Waals surface area contributed by atoms with Gasteiger partial charge in [-0.3, -0.25) is 14.5 Å². The Morgan fingerprint density at radius 2 is 1.74 bits per heavy atom. The predicted octanol–water partition coefficient (Wildman–Crippen LogP) is 5.01. The Bertz CT molecular complexity index is 1340. The third kappa shape index (κ3) is 6.48. The summed E-state index contributed by atoms with van der Waals surface area (Å²) in [4.78, 5) is 32.4. The van der Waals surface area contributed by atoms with Gasteiger partial charge in [-0.2, -0.15) is 0 Å². The highest BCUT2D eigenvalue weighted by molar-refractivity contribution is 9.10. The van der Waals surface area contributed by atoms with E-state index in [2.05, 4.69) is 45.0 Å². The SMILES string of the molecule is C[C@@H]1CN(C(=O)C2CCC(=O)N2Cc2ccc(Br)cc2)C[C@H](C)N1Cc1cn(Cc2ccc(Cl)cc2Cl)nn1. The lowest BCUT2D eigenvalue weighted by Gasteiger charge is -2.45. The maximum absolute atomic E-state index is 13.6. The van der Waals surface area contributed by atoms with Crippen LogP contribution in [0.5, 0.6) is 0 Å². The van der Waals surface area contributed by atoms with Crippen molar-refractivity contribution in [2.75, 3.05) is 13.1 Å². The summed E-state index contributed by atoms with van der Waals surface area (Å²) < 4.78 is 2.76. The average Bonchev–Trinajstić information content (AvgIpc) is 3.50. The molecular weight excluding hydrogens is 603 g/mol. The first-order valence-electron chi connectivity index (χ1n) is 13.1. The predicted molar refractivity (Wildman–Crippen MR) is 154 cm³/mol. The van der Waals surface area contributed by atoms with E-state index in [9.17, 15) is 9.59 Å². The van der Waals surface area contributed by atoms with E-state index in [4.69, 9.17) is 23.2 Å². The van der Waals surface area contributed by atoms with Crippen molar-refractivity contribution in [2.45, 2.75) is 64.4 Å². The van der Waals surface area contributed by atoms with Crippen molar-refractivity contribution in [2.24, 2.45) is 0 Å². The first-order valence-corrected chi connectivity index (χ1v) is 14.6. The lowest BCUT2D eigenvalue weighted by molar-refractivity contribution is -0.145. The van der Waals surface area contributed by atoms with Gasteiger partial charge in [-0.15, -0.1) is 5.10 Å². The largest absolute Gasteiger partial charge is 0.338 e. The quantitative estimate of drug-likeness (QED) is 0.366. The zero-order valence-corrected chi connectivity index (χ0v) is 25.0. The number of piperazine rings is 1. The molecule has 5 rings (SSSR count). The molecule has 3 aromatic rings. The molecule has 2 saturated heterocycles. The molecule has 3 atom stereocenters. The summed E-state index contributed by atoms with van der Waals surface area (Å²) in [6.07, 6.45) is 2.92. The number of benzene rings is 2.